The van der Waals surface area contributed by atoms with Gasteiger partial charge in [0.2, 0.25) is 0 Å². The molecule has 0 saturated heterocycles. The van der Waals surface area contributed by atoms with Gasteiger partial charge < -0.3 is 20.2 Å². The molecule has 0 spiro atoms. The van der Waals surface area contributed by atoms with Crippen molar-refractivity contribution in [2.45, 2.75) is 0 Å². The predicted octanol–water partition coefficient (Wildman–Crippen LogP) is 1.24. The van der Waals surface area contributed by atoms with Crippen molar-refractivity contribution in [2.24, 2.45) is 7.05 Å². The van der Waals surface area contributed by atoms with E-state index >= 15 is 0 Å². The molecule has 1 amide bonds. The number of hydrogen-bond acceptors (Lipinski definition) is 7. The summed E-state index contributed by atoms with van der Waals surface area (Å²) in [5.41, 5.74) is 4.67. The van der Waals surface area contributed by atoms with Crippen molar-refractivity contribution in [3.05, 3.63) is 91.9 Å². The van der Waals surface area contributed by atoms with Crippen LogP contribution >= 0.6 is 0 Å². The maximum atomic E-state index is 12.6. The second-order valence-electron chi connectivity index (χ2n) is 6.87. The minimum Gasteiger partial charge on any atom is -0.484 e. The Morgan fingerprint density at radius 3 is 2.53 bits per heavy atom. The first-order valence-electron chi connectivity index (χ1n) is 9.48. The maximum absolute atomic E-state index is 12.6. The molecule has 10 nitrogen and oxygen atoms in total. The van der Waals surface area contributed by atoms with Crippen LogP contribution in [-0.2, 0) is 11.8 Å². The summed E-state index contributed by atoms with van der Waals surface area (Å²) in [4.78, 5) is 48.9. The largest absolute Gasteiger partial charge is 0.484 e. The highest BCUT2D eigenvalue weighted by Crippen LogP contribution is 2.20. The molecule has 0 radical (unpaired) electrons. The Morgan fingerprint density at radius 1 is 1.06 bits per heavy atom. The van der Waals surface area contributed by atoms with Crippen LogP contribution in [0.5, 0.6) is 5.75 Å². The molecule has 0 unspecified atom stereocenters. The van der Waals surface area contributed by atoms with Gasteiger partial charge in [0.05, 0.1) is 5.69 Å². The normalized spacial score (nSPS) is 10.8. The van der Waals surface area contributed by atoms with Gasteiger partial charge in [-0.2, -0.15) is 0 Å². The molecule has 0 bridgehead atoms. The maximum Gasteiger partial charge on any atom is 0.337 e. The highest BCUT2D eigenvalue weighted by molar-refractivity contribution is 5.94. The average molecular weight is 434 g/mol. The molecule has 0 atom stereocenters. The van der Waals surface area contributed by atoms with Gasteiger partial charge in [-0.3, -0.25) is 14.2 Å². The van der Waals surface area contributed by atoms with Crippen molar-refractivity contribution in [1.29, 1.82) is 0 Å². The monoisotopic (exact) mass is 434 g/mol. The van der Waals surface area contributed by atoms with E-state index in [0.29, 0.717) is 16.7 Å². The molecule has 0 aliphatic rings. The van der Waals surface area contributed by atoms with E-state index in [4.69, 9.17) is 14.9 Å². The van der Waals surface area contributed by atoms with Crippen molar-refractivity contribution in [3.63, 3.8) is 0 Å². The number of nitrogens with two attached hydrogens (primary N) is 1. The first-order chi connectivity index (χ1) is 15.3. The second kappa shape index (κ2) is 8.26. The van der Waals surface area contributed by atoms with E-state index in [0.717, 1.165) is 9.13 Å². The summed E-state index contributed by atoms with van der Waals surface area (Å²) in [6.45, 7) is -0.449. The first kappa shape index (κ1) is 20.7. The van der Waals surface area contributed by atoms with E-state index in [9.17, 15) is 19.2 Å². The number of amides is 1. The lowest BCUT2D eigenvalue weighted by atomic mass is 10.2. The van der Waals surface area contributed by atoms with E-state index in [1.54, 1.807) is 48.5 Å². The SMILES string of the molecule is Cn1c(=O)c(NC(=O)COc2ccc3ccc(=O)oc3c2)c(N)n(-c2ccccc2)c1=O. The van der Waals surface area contributed by atoms with Gasteiger partial charge in [-0.1, -0.05) is 18.2 Å². The third-order valence-corrected chi connectivity index (χ3v) is 4.74. The van der Waals surface area contributed by atoms with Crippen LogP contribution in [0.25, 0.3) is 16.7 Å². The molecule has 3 N–H and O–H groups in total. The van der Waals surface area contributed by atoms with Crippen molar-refractivity contribution in [1.82, 2.24) is 9.13 Å². The molecule has 2 heterocycles. The number of nitrogen functional groups attached to an aromatic ring is 1. The number of carbonyl (C=O) groups is 1. The van der Waals surface area contributed by atoms with E-state index in [2.05, 4.69) is 5.32 Å². The Hall–Kier alpha value is -4.60. The van der Waals surface area contributed by atoms with E-state index < -0.39 is 29.4 Å². The Labute approximate surface area is 180 Å². The molecule has 0 saturated carbocycles. The topological polar surface area (TPSA) is 139 Å². The lowest BCUT2D eigenvalue weighted by molar-refractivity contribution is -0.118. The number of rotatable bonds is 5. The number of aromatic nitrogens is 2. The van der Waals surface area contributed by atoms with Crippen LogP contribution in [0.2, 0.25) is 0 Å². The van der Waals surface area contributed by atoms with Gasteiger partial charge >= 0.3 is 11.3 Å². The summed E-state index contributed by atoms with van der Waals surface area (Å²) in [5.74, 6) is -0.580. The highest BCUT2D eigenvalue weighted by atomic mass is 16.5. The number of ether oxygens (including phenoxy) is 1. The summed E-state index contributed by atoms with van der Waals surface area (Å²) in [6.07, 6.45) is 0. The van der Waals surface area contributed by atoms with E-state index in [1.165, 1.54) is 19.2 Å². The molecule has 0 fully saturated rings. The van der Waals surface area contributed by atoms with Crippen molar-refractivity contribution in [3.8, 4) is 11.4 Å². The lowest BCUT2D eigenvalue weighted by Crippen LogP contribution is -2.41. The Kier molecular flexibility index (Phi) is 5.34. The van der Waals surface area contributed by atoms with Gasteiger partial charge in [0.25, 0.3) is 11.5 Å². The summed E-state index contributed by atoms with van der Waals surface area (Å²) in [5, 5.41) is 3.11. The molecular formula is C22H18N4O6. The molecule has 0 aliphatic heterocycles. The third-order valence-electron chi connectivity index (χ3n) is 4.74. The molecule has 4 rings (SSSR count). The van der Waals surface area contributed by atoms with E-state index in [1.807, 2.05) is 0 Å². The lowest BCUT2D eigenvalue weighted by Gasteiger charge is -2.15. The third kappa shape index (κ3) is 3.88. The van der Waals surface area contributed by atoms with Crippen LogP contribution < -0.4 is 32.7 Å². The van der Waals surface area contributed by atoms with Crippen molar-refractivity contribution >= 4 is 28.4 Å². The van der Waals surface area contributed by atoms with Crippen molar-refractivity contribution in [2.75, 3.05) is 17.7 Å². The molecule has 2 aromatic carbocycles. The van der Waals surface area contributed by atoms with Crippen molar-refractivity contribution < 1.29 is 13.9 Å². The zero-order valence-corrected chi connectivity index (χ0v) is 16.9. The fraction of sp³-hybridized carbons (Fsp3) is 0.0909. The number of carbonyl (C=O) groups excluding carboxylic acids is 1. The van der Waals surface area contributed by atoms with Gasteiger partial charge in [-0.05, 0) is 30.3 Å². The number of nitrogens with zero attached hydrogens (tertiary/aromatic N) is 2. The standard InChI is InChI=1S/C22H18N4O6/c1-25-21(29)19(20(23)26(22(25)30)14-5-3-2-4-6-14)24-17(27)12-31-15-9-7-13-8-10-18(28)32-16(13)11-15/h2-11H,12,23H2,1H3,(H,24,27). The fourth-order valence-corrected chi connectivity index (χ4v) is 3.13. The van der Waals surface area contributed by atoms with E-state index in [-0.39, 0.29) is 17.3 Å². The van der Waals surface area contributed by atoms with Crippen LogP contribution in [0, 0.1) is 0 Å². The molecule has 4 aromatic rings. The van der Waals surface area contributed by atoms with Crippen LogP contribution in [-0.4, -0.2) is 21.6 Å². The van der Waals surface area contributed by atoms with Crippen LogP contribution in [0.1, 0.15) is 0 Å². The number of nitrogens with one attached hydrogen (secondary N) is 1. The van der Waals surface area contributed by atoms with Gasteiger partial charge in [0, 0.05) is 24.6 Å². The summed E-state index contributed by atoms with van der Waals surface area (Å²) in [7, 11) is 1.29. The predicted molar refractivity (Wildman–Crippen MR) is 118 cm³/mol. The molecule has 2 aromatic heterocycles. The Balaban J connectivity index is 1.58. The van der Waals surface area contributed by atoms with Gasteiger partial charge in [0.15, 0.2) is 6.61 Å². The minimum absolute atomic E-state index is 0.204. The van der Waals surface area contributed by atoms with Crippen LogP contribution in [0.3, 0.4) is 0 Å². The van der Waals surface area contributed by atoms with Gasteiger partial charge in [-0.25, -0.2) is 14.2 Å². The Bertz CT molecular complexity index is 1500. The zero-order chi connectivity index (χ0) is 22.8. The summed E-state index contributed by atoms with van der Waals surface area (Å²) in [6, 6.07) is 16.2. The van der Waals surface area contributed by atoms with Gasteiger partial charge in [-0.15, -0.1) is 0 Å². The summed E-state index contributed by atoms with van der Waals surface area (Å²) >= 11 is 0. The molecule has 10 heteroatoms. The molecule has 162 valence electrons. The first-order valence-corrected chi connectivity index (χ1v) is 9.48. The molecular weight excluding hydrogens is 416 g/mol. The minimum atomic E-state index is -0.750. The number of anilines is 2. The average Bonchev–Trinajstić information content (AvgIpc) is 2.79. The van der Waals surface area contributed by atoms with Crippen LogP contribution in [0.4, 0.5) is 11.5 Å². The number of para-hydroxylation sites is 1. The highest BCUT2D eigenvalue weighted by Gasteiger charge is 2.18. The number of fused-ring (bicyclic) bond motifs is 1. The van der Waals surface area contributed by atoms with Gasteiger partial charge in [0.1, 0.15) is 22.8 Å². The quantitative estimate of drug-likeness (QED) is 0.451. The molecule has 0 aliphatic carbocycles. The molecule has 32 heavy (non-hydrogen) atoms. The zero-order valence-electron chi connectivity index (χ0n) is 16.9. The Morgan fingerprint density at radius 2 is 1.78 bits per heavy atom. The fourth-order valence-electron chi connectivity index (χ4n) is 3.13. The smallest absolute Gasteiger partial charge is 0.337 e. The summed E-state index contributed by atoms with van der Waals surface area (Å²) < 4.78 is 12.5. The number of benzene rings is 2. The number of hydrogen-bond donors (Lipinski definition) is 2. The van der Waals surface area contributed by atoms with Crippen LogP contribution in [0.15, 0.2) is 79.5 Å². The second-order valence-corrected chi connectivity index (χ2v) is 6.87.